The zero-order chi connectivity index (χ0) is 22.8. The number of thiophene rings is 1. The monoisotopic (exact) mass is 490 g/mol. The van der Waals surface area contributed by atoms with Crippen LogP contribution in [0.4, 0.5) is 19.0 Å². The lowest BCUT2D eigenvalue weighted by molar-refractivity contribution is -0.137. The van der Waals surface area contributed by atoms with Crippen molar-refractivity contribution in [2.75, 3.05) is 11.4 Å². The number of carbonyl (C=O) groups is 1. The minimum Gasteiger partial charge on any atom is -0.465 e. The van der Waals surface area contributed by atoms with Crippen LogP contribution in [0.15, 0.2) is 58.3 Å². The largest absolute Gasteiger partial charge is 0.465 e. The third-order valence-electron chi connectivity index (χ3n) is 4.16. The Bertz CT molecular complexity index is 1180. The van der Waals surface area contributed by atoms with Gasteiger partial charge in [0.2, 0.25) is 0 Å². The van der Waals surface area contributed by atoms with Crippen molar-refractivity contribution in [1.29, 1.82) is 0 Å². The normalized spacial score (nSPS) is 11.9. The molecule has 0 amide bonds. The van der Waals surface area contributed by atoms with E-state index in [0.717, 1.165) is 4.31 Å². The third-order valence-corrected chi connectivity index (χ3v) is 6.92. The predicted molar refractivity (Wildman–Crippen MR) is 110 cm³/mol. The minimum absolute atomic E-state index is 0.136. The first-order chi connectivity index (χ1) is 14.5. The van der Waals surface area contributed by atoms with Gasteiger partial charge in [0, 0.05) is 6.20 Å². The van der Waals surface area contributed by atoms with E-state index in [9.17, 15) is 26.4 Å². The number of halogens is 4. The van der Waals surface area contributed by atoms with Crippen molar-refractivity contribution in [2.45, 2.75) is 17.6 Å². The van der Waals surface area contributed by atoms with Crippen LogP contribution in [-0.2, 0) is 27.5 Å². The molecular weight excluding hydrogens is 477 g/mol. The number of sulfonamides is 1. The molecule has 0 aliphatic rings. The van der Waals surface area contributed by atoms with Crippen LogP contribution in [0.5, 0.6) is 0 Å². The zero-order valence-corrected chi connectivity index (χ0v) is 18.1. The van der Waals surface area contributed by atoms with Gasteiger partial charge in [-0.1, -0.05) is 11.6 Å². The van der Waals surface area contributed by atoms with Crippen LogP contribution >= 0.6 is 22.9 Å². The summed E-state index contributed by atoms with van der Waals surface area (Å²) in [5.41, 5.74) is -0.370. The molecule has 0 N–H and O–H groups in total. The highest BCUT2D eigenvalue weighted by molar-refractivity contribution is 7.92. The molecule has 12 heteroatoms. The number of nitrogens with zero attached hydrogens (tertiary/aromatic N) is 2. The Labute approximate surface area is 184 Å². The lowest BCUT2D eigenvalue weighted by atomic mass is 10.2. The van der Waals surface area contributed by atoms with Crippen LogP contribution in [0.3, 0.4) is 0 Å². The Balaban J connectivity index is 2.08. The fourth-order valence-electron chi connectivity index (χ4n) is 2.60. The second-order valence-corrected chi connectivity index (χ2v) is 9.24. The summed E-state index contributed by atoms with van der Waals surface area (Å²) in [5, 5.41) is 2.95. The third kappa shape index (κ3) is 5.00. The molecule has 3 aromatic rings. The standard InChI is InChI=1S/C19H14ClF3N2O4S2/c1-29-18(26)13-2-4-15(5-3-13)31(27,28)25(10-12-6-7-30-11-12)17-16(20)8-14(9-24-17)19(21,22)23/h2-9,11H,10H2,1H3. The van der Waals surface area contributed by atoms with Crippen molar-refractivity contribution in [3.8, 4) is 0 Å². The maximum Gasteiger partial charge on any atom is 0.417 e. The van der Waals surface area contributed by atoms with Crippen LogP contribution in [0.1, 0.15) is 21.5 Å². The number of hydrogen-bond acceptors (Lipinski definition) is 6. The highest BCUT2D eigenvalue weighted by Gasteiger charge is 2.34. The van der Waals surface area contributed by atoms with E-state index in [1.54, 1.807) is 16.8 Å². The molecule has 0 saturated heterocycles. The zero-order valence-electron chi connectivity index (χ0n) is 15.8. The van der Waals surface area contributed by atoms with Crippen molar-refractivity contribution < 1.29 is 31.1 Å². The lowest BCUT2D eigenvalue weighted by Gasteiger charge is -2.24. The highest BCUT2D eigenvalue weighted by Crippen LogP contribution is 2.36. The predicted octanol–water partition coefficient (Wildman–Crippen LogP) is 5.00. The van der Waals surface area contributed by atoms with E-state index in [2.05, 4.69) is 9.72 Å². The molecule has 2 heterocycles. The van der Waals surface area contributed by atoms with E-state index in [1.807, 2.05) is 0 Å². The molecule has 0 aliphatic heterocycles. The molecule has 0 fully saturated rings. The van der Waals surface area contributed by atoms with Gasteiger partial charge in [0.25, 0.3) is 10.0 Å². The average Bonchev–Trinajstić information content (AvgIpc) is 3.24. The smallest absolute Gasteiger partial charge is 0.417 e. The number of alkyl halides is 3. The molecule has 3 rings (SSSR count). The maximum absolute atomic E-state index is 13.3. The number of anilines is 1. The summed E-state index contributed by atoms with van der Waals surface area (Å²) < 4.78 is 71.0. The molecule has 0 saturated carbocycles. The molecule has 31 heavy (non-hydrogen) atoms. The molecule has 6 nitrogen and oxygen atoms in total. The Kier molecular flexibility index (Phi) is 6.58. The van der Waals surface area contributed by atoms with E-state index in [1.165, 1.54) is 42.7 Å². The first-order valence-electron chi connectivity index (χ1n) is 8.49. The summed E-state index contributed by atoms with van der Waals surface area (Å²) in [6.07, 6.45) is -4.16. The fraction of sp³-hybridized carbons (Fsp3) is 0.158. The molecule has 0 spiro atoms. The summed E-state index contributed by atoms with van der Waals surface area (Å²) in [7, 11) is -3.10. The second kappa shape index (κ2) is 8.85. The van der Waals surface area contributed by atoms with E-state index < -0.39 is 32.8 Å². The second-order valence-electron chi connectivity index (χ2n) is 6.19. The number of pyridine rings is 1. The molecule has 0 aliphatic carbocycles. The summed E-state index contributed by atoms with van der Waals surface area (Å²) in [5.74, 6) is -0.996. The van der Waals surface area contributed by atoms with E-state index >= 15 is 0 Å². The van der Waals surface area contributed by atoms with Crippen LogP contribution < -0.4 is 4.31 Å². The van der Waals surface area contributed by atoms with Crippen molar-refractivity contribution in [1.82, 2.24) is 4.98 Å². The van der Waals surface area contributed by atoms with Crippen molar-refractivity contribution in [2.24, 2.45) is 0 Å². The van der Waals surface area contributed by atoms with E-state index in [4.69, 9.17) is 11.6 Å². The van der Waals surface area contributed by atoms with Gasteiger partial charge in [-0.15, -0.1) is 0 Å². The first kappa shape index (κ1) is 23.0. The van der Waals surface area contributed by atoms with E-state index in [-0.39, 0.29) is 22.8 Å². The Morgan fingerprint density at radius 1 is 1.23 bits per heavy atom. The maximum atomic E-state index is 13.3. The number of rotatable bonds is 6. The Hall–Kier alpha value is -2.63. The topological polar surface area (TPSA) is 76.6 Å². The minimum atomic E-state index is -4.68. The quantitative estimate of drug-likeness (QED) is 0.455. The average molecular weight is 491 g/mol. The summed E-state index contributed by atoms with van der Waals surface area (Å²) in [6.45, 7) is -0.206. The number of benzene rings is 1. The Morgan fingerprint density at radius 2 is 1.90 bits per heavy atom. The number of hydrogen-bond donors (Lipinski definition) is 0. The van der Waals surface area contributed by atoms with Crippen molar-refractivity contribution in [3.05, 3.63) is 75.1 Å². The van der Waals surface area contributed by atoms with Gasteiger partial charge in [0.15, 0.2) is 5.82 Å². The lowest BCUT2D eigenvalue weighted by Crippen LogP contribution is -2.31. The summed E-state index contributed by atoms with van der Waals surface area (Å²) >= 11 is 7.35. The van der Waals surface area contributed by atoms with Gasteiger partial charge in [-0.05, 0) is 52.7 Å². The SMILES string of the molecule is COC(=O)c1ccc(S(=O)(=O)N(Cc2ccsc2)c2ncc(C(F)(F)F)cc2Cl)cc1. The molecular formula is C19H14ClF3N2O4S2. The van der Waals surface area contributed by atoms with Crippen LogP contribution in [-0.4, -0.2) is 26.5 Å². The summed E-state index contributed by atoms with van der Waals surface area (Å²) in [4.78, 5) is 15.1. The number of esters is 1. The van der Waals surface area contributed by atoms with Gasteiger partial charge in [-0.25, -0.2) is 22.5 Å². The van der Waals surface area contributed by atoms with Gasteiger partial charge >= 0.3 is 12.1 Å². The molecule has 2 aromatic heterocycles. The molecule has 0 unspecified atom stereocenters. The van der Waals surface area contributed by atoms with Gasteiger partial charge in [0.05, 0.1) is 34.7 Å². The van der Waals surface area contributed by atoms with Gasteiger partial charge < -0.3 is 4.74 Å². The number of aromatic nitrogens is 1. The molecule has 0 atom stereocenters. The Morgan fingerprint density at radius 3 is 2.42 bits per heavy atom. The molecule has 0 radical (unpaired) electrons. The van der Waals surface area contributed by atoms with Crippen molar-refractivity contribution >= 4 is 44.7 Å². The van der Waals surface area contributed by atoms with Gasteiger partial charge in [-0.2, -0.15) is 24.5 Å². The van der Waals surface area contributed by atoms with Gasteiger partial charge in [-0.3, -0.25) is 0 Å². The molecule has 164 valence electrons. The number of methoxy groups -OCH3 is 1. The van der Waals surface area contributed by atoms with E-state index in [0.29, 0.717) is 17.8 Å². The molecule has 0 bridgehead atoms. The fourth-order valence-corrected chi connectivity index (χ4v) is 5.00. The van der Waals surface area contributed by atoms with Crippen molar-refractivity contribution in [3.63, 3.8) is 0 Å². The first-order valence-corrected chi connectivity index (χ1v) is 11.2. The molecule has 1 aromatic carbocycles. The summed E-state index contributed by atoms with van der Waals surface area (Å²) in [6, 6.07) is 7.22. The number of ether oxygens (including phenoxy) is 1. The van der Waals surface area contributed by atoms with Crippen LogP contribution in [0.2, 0.25) is 5.02 Å². The highest BCUT2D eigenvalue weighted by atomic mass is 35.5. The van der Waals surface area contributed by atoms with Crippen LogP contribution in [0, 0.1) is 0 Å². The number of carbonyl (C=O) groups excluding carboxylic acids is 1. The van der Waals surface area contributed by atoms with Gasteiger partial charge in [0.1, 0.15) is 0 Å². The van der Waals surface area contributed by atoms with Crippen LogP contribution in [0.25, 0.3) is 0 Å².